The van der Waals surface area contributed by atoms with Gasteiger partial charge in [-0.15, -0.1) is 0 Å². The van der Waals surface area contributed by atoms with Gasteiger partial charge in [0.2, 0.25) is 5.88 Å². The van der Waals surface area contributed by atoms with Gasteiger partial charge in [0, 0.05) is 47.5 Å². The number of fused-ring (bicyclic) bond motifs is 1. The first kappa shape index (κ1) is 13.7. The van der Waals surface area contributed by atoms with Crippen molar-refractivity contribution < 1.29 is 4.74 Å². The fourth-order valence-corrected chi connectivity index (χ4v) is 3.50. The fraction of sp³-hybridized carbons (Fsp3) is 0.400. The summed E-state index contributed by atoms with van der Waals surface area (Å²) in [6.45, 7) is 6.27. The Morgan fingerprint density at radius 3 is 2.80 bits per heavy atom. The molecule has 5 heteroatoms. The Bertz CT molecular complexity index is 611. The molecule has 0 radical (unpaired) electrons. The second-order valence-corrected chi connectivity index (χ2v) is 6.03. The number of aromatic nitrogens is 1. The number of piperazine rings is 1. The van der Waals surface area contributed by atoms with Crippen molar-refractivity contribution in [2.75, 3.05) is 33.3 Å². The molecule has 2 aromatic rings. The van der Waals surface area contributed by atoms with Crippen LogP contribution in [-0.4, -0.2) is 42.6 Å². The molecule has 3 rings (SSSR count). The molecule has 0 spiro atoms. The van der Waals surface area contributed by atoms with Gasteiger partial charge in [0.1, 0.15) is 0 Å². The second kappa shape index (κ2) is 5.99. The number of nitrogens with zero attached hydrogens (tertiary/aromatic N) is 2. The standard InChI is InChI=1S/C15H19N3OS/c1-11-10-13-12(15(17-11)19-2)4-3-5-14(13)20-18-8-6-16-7-9-18/h3-5,10,16H,6-9H2,1-2H3. The van der Waals surface area contributed by atoms with E-state index in [-0.39, 0.29) is 0 Å². The number of nitrogens with one attached hydrogen (secondary N) is 1. The molecule has 0 unspecified atom stereocenters. The van der Waals surface area contributed by atoms with Crippen LogP contribution in [0.2, 0.25) is 0 Å². The second-order valence-electron chi connectivity index (χ2n) is 4.89. The van der Waals surface area contributed by atoms with E-state index in [0.29, 0.717) is 5.88 Å². The van der Waals surface area contributed by atoms with Gasteiger partial charge in [-0.1, -0.05) is 6.07 Å². The zero-order valence-electron chi connectivity index (χ0n) is 11.8. The minimum Gasteiger partial charge on any atom is -0.481 e. The van der Waals surface area contributed by atoms with Gasteiger partial charge < -0.3 is 10.1 Å². The van der Waals surface area contributed by atoms with E-state index in [1.54, 1.807) is 7.11 Å². The number of benzene rings is 1. The average molecular weight is 289 g/mol. The van der Waals surface area contributed by atoms with Crippen molar-refractivity contribution in [1.29, 1.82) is 0 Å². The monoisotopic (exact) mass is 289 g/mol. The number of pyridine rings is 1. The maximum absolute atomic E-state index is 5.41. The largest absolute Gasteiger partial charge is 0.481 e. The summed E-state index contributed by atoms with van der Waals surface area (Å²) in [7, 11) is 1.68. The lowest BCUT2D eigenvalue weighted by molar-refractivity contribution is 0.396. The van der Waals surface area contributed by atoms with E-state index in [1.165, 1.54) is 10.3 Å². The van der Waals surface area contributed by atoms with Crippen LogP contribution in [-0.2, 0) is 0 Å². The quantitative estimate of drug-likeness (QED) is 0.879. The van der Waals surface area contributed by atoms with Crippen LogP contribution >= 0.6 is 11.9 Å². The maximum atomic E-state index is 5.41. The number of hydrogen-bond acceptors (Lipinski definition) is 5. The predicted octanol–water partition coefficient (Wildman–Crippen LogP) is 2.46. The molecule has 1 saturated heterocycles. The lowest BCUT2D eigenvalue weighted by Gasteiger charge is -2.26. The van der Waals surface area contributed by atoms with Crippen LogP contribution in [0.1, 0.15) is 5.69 Å². The summed E-state index contributed by atoms with van der Waals surface area (Å²) < 4.78 is 7.82. The molecular formula is C15H19N3OS. The van der Waals surface area contributed by atoms with Crippen molar-refractivity contribution in [3.8, 4) is 5.88 Å². The third-order valence-electron chi connectivity index (χ3n) is 3.42. The van der Waals surface area contributed by atoms with Gasteiger partial charge in [0.15, 0.2) is 0 Å². The van der Waals surface area contributed by atoms with Crippen LogP contribution in [0.25, 0.3) is 10.8 Å². The van der Waals surface area contributed by atoms with E-state index < -0.39 is 0 Å². The van der Waals surface area contributed by atoms with Crippen molar-refractivity contribution in [3.05, 3.63) is 30.0 Å². The number of ether oxygens (including phenoxy) is 1. The van der Waals surface area contributed by atoms with Gasteiger partial charge in [-0.2, -0.15) is 0 Å². The first-order valence-electron chi connectivity index (χ1n) is 6.86. The zero-order valence-corrected chi connectivity index (χ0v) is 12.7. The Labute approximate surface area is 123 Å². The van der Waals surface area contributed by atoms with Crippen LogP contribution in [0.4, 0.5) is 0 Å². The third-order valence-corrected chi connectivity index (χ3v) is 4.60. The Kier molecular flexibility index (Phi) is 4.10. The van der Waals surface area contributed by atoms with Crippen molar-refractivity contribution in [1.82, 2.24) is 14.6 Å². The molecule has 1 aliphatic rings. The van der Waals surface area contributed by atoms with Crippen molar-refractivity contribution in [2.45, 2.75) is 11.8 Å². The number of hydrogen-bond donors (Lipinski definition) is 1. The Morgan fingerprint density at radius 1 is 1.25 bits per heavy atom. The van der Waals surface area contributed by atoms with E-state index in [2.05, 4.69) is 38.9 Å². The number of methoxy groups -OCH3 is 1. The van der Waals surface area contributed by atoms with Crippen LogP contribution in [0.3, 0.4) is 0 Å². The van der Waals surface area contributed by atoms with Crippen molar-refractivity contribution in [2.24, 2.45) is 0 Å². The van der Waals surface area contributed by atoms with Gasteiger partial charge in [0.25, 0.3) is 0 Å². The normalized spacial score (nSPS) is 16.5. The minimum absolute atomic E-state index is 0.711. The summed E-state index contributed by atoms with van der Waals surface area (Å²) in [6, 6.07) is 8.46. The zero-order chi connectivity index (χ0) is 13.9. The maximum Gasteiger partial charge on any atom is 0.221 e. The van der Waals surface area contributed by atoms with Gasteiger partial charge in [-0.3, -0.25) is 0 Å². The predicted molar refractivity (Wildman–Crippen MR) is 83.3 cm³/mol. The molecule has 1 aliphatic heterocycles. The fourth-order valence-electron chi connectivity index (χ4n) is 2.45. The van der Waals surface area contributed by atoms with E-state index >= 15 is 0 Å². The van der Waals surface area contributed by atoms with Gasteiger partial charge in [0.05, 0.1) is 7.11 Å². The molecule has 2 heterocycles. The molecule has 20 heavy (non-hydrogen) atoms. The highest BCUT2D eigenvalue weighted by atomic mass is 32.2. The molecule has 1 aromatic heterocycles. The highest BCUT2D eigenvalue weighted by Gasteiger charge is 2.14. The molecule has 106 valence electrons. The van der Waals surface area contributed by atoms with Crippen LogP contribution < -0.4 is 10.1 Å². The highest BCUT2D eigenvalue weighted by molar-refractivity contribution is 7.97. The van der Waals surface area contributed by atoms with Crippen molar-refractivity contribution in [3.63, 3.8) is 0 Å². The van der Waals surface area contributed by atoms with Gasteiger partial charge in [-0.25, -0.2) is 9.29 Å². The van der Waals surface area contributed by atoms with E-state index in [4.69, 9.17) is 4.74 Å². The number of rotatable bonds is 3. The molecule has 1 fully saturated rings. The summed E-state index contributed by atoms with van der Waals surface area (Å²) >= 11 is 1.83. The molecule has 1 aromatic carbocycles. The lowest BCUT2D eigenvalue weighted by Crippen LogP contribution is -2.39. The molecule has 0 bridgehead atoms. The first-order valence-corrected chi connectivity index (χ1v) is 7.63. The summed E-state index contributed by atoms with van der Waals surface area (Å²) in [5.41, 5.74) is 0.989. The molecular weight excluding hydrogens is 270 g/mol. The van der Waals surface area contributed by atoms with Crippen LogP contribution in [0.15, 0.2) is 29.2 Å². The van der Waals surface area contributed by atoms with Crippen molar-refractivity contribution >= 4 is 22.7 Å². The molecule has 0 aliphatic carbocycles. The SMILES string of the molecule is COc1nc(C)cc2c(SN3CCNCC3)cccc12. The summed E-state index contributed by atoms with van der Waals surface area (Å²) in [5.74, 6) is 0.711. The van der Waals surface area contributed by atoms with Gasteiger partial charge >= 0.3 is 0 Å². The summed E-state index contributed by atoms with van der Waals surface area (Å²) in [5, 5.41) is 5.68. The van der Waals surface area contributed by atoms with E-state index in [1.807, 2.05) is 18.9 Å². The molecule has 0 saturated carbocycles. The Morgan fingerprint density at radius 2 is 2.05 bits per heavy atom. The Balaban J connectivity index is 1.99. The molecule has 4 nitrogen and oxygen atoms in total. The summed E-state index contributed by atoms with van der Waals surface area (Å²) in [6.07, 6.45) is 0. The first-order chi connectivity index (χ1) is 9.78. The topological polar surface area (TPSA) is 37.4 Å². The lowest BCUT2D eigenvalue weighted by atomic mass is 10.1. The van der Waals surface area contributed by atoms with E-state index in [9.17, 15) is 0 Å². The average Bonchev–Trinajstić information content (AvgIpc) is 2.48. The minimum atomic E-state index is 0.711. The van der Waals surface area contributed by atoms with Gasteiger partial charge in [-0.05, 0) is 37.1 Å². The molecule has 0 atom stereocenters. The molecule has 1 N–H and O–H groups in total. The van der Waals surface area contributed by atoms with Crippen LogP contribution in [0.5, 0.6) is 5.88 Å². The Hall–Kier alpha value is -1.30. The highest BCUT2D eigenvalue weighted by Crippen LogP contribution is 2.34. The van der Waals surface area contributed by atoms with Crippen LogP contribution in [0, 0.1) is 6.92 Å². The smallest absolute Gasteiger partial charge is 0.221 e. The summed E-state index contributed by atoms with van der Waals surface area (Å²) in [4.78, 5) is 5.72. The molecule has 0 amide bonds. The number of aryl methyl sites for hydroxylation is 1. The third kappa shape index (κ3) is 2.75. The van der Waals surface area contributed by atoms with E-state index in [0.717, 1.165) is 37.3 Å².